The van der Waals surface area contributed by atoms with Crippen LogP contribution in [0.2, 0.25) is 0 Å². The molecule has 0 saturated heterocycles. The third-order valence-corrected chi connectivity index (χ3v) is 2.63. The number of rotatable bonds is 10. The van der Waals surface area contributed by atoms with E-state index in [1.54, 1.807) is 12.2 Å². The van der Waals surface area contributed by atoms with Crippen LogP contribution < -0.4 is 0 Å². The highest BCUT2D eigenvalue weighted by molar-refractivity contribution is 5.82. The molecular formula is C15H26O2. The smallest absolute Gasteiger partial charge is 0.330 e. The second-order valence-corrected chi connectivity index (χ2v) is 4.43. The number of hydrogen-bond donors (Lipinski definition) is 0. The maximum atomic E-state index is 11.2. The second kappa shape index (κ2) is 11.4. The summed E-state index contributed by atoms with van der Waals surface area (Å²) < 4.78 is 4.89. The summed E-state index contributed by atoms with van der Waals surface area (Å²) in [5.41, 5.74) is 1.11. The normalized spacial score (nSPS) is 11.3. The molecule has 0 rings (SSSR count). The zero-order valence-corrected chi connectivity index (χ0v) is 11.3. The predicted molar refractivity (Wildman–Crippen MR) is 72.9 cm³/mol. The molecule has 0 amide bonds. The molecule has 2 nitrogen and oxygen atoms in total. The van der Waals surface area contributed by atoms with Gasteiger partial charge in [-0.15, -0.1) is 0 Å². The molecule has 0 bridgehead atoms. The third kappa shape index (κ3) is 11.2. The van der Waals surface area contributed by atoms with Crippen LogP contribution in [-0.2, 0) is 9.53 Å². The summed E-state index contributed by atoms with van der Waals surface area (Å²) in [6, 6.07) is 0. The fourth-order valence-corrected chi connectivity index (χ4v) is 1.64. The van der Waals surface area contributed by atoms with Gasteiger partial charge in [-0.1, -0.05) is 57.3 Å². The van der Waals surface area contributed by atoms with E-state index in [1.165, 1.54) is 38.5 Å². The zero-order chi connectivity index (χ0) is 12.9. The maximum absolute atomic E-state index is 11.2. The molecule has 0 aromatic rings. The monoisotopic (exact) mass is 238 g/mol. The molecule has 0 aliphatic carbocycles. The van der Waals surface area contributed by atoms with Crippen molar-refractivity contribution in [3.05, 3.63) is 24.3 Å². The molecule has 98 valence electrons. The van der Waals surface area contributed by atoms with Crippen LogP contribution in [0.3, 0.4) is 0 Å². The highest BCUT2D eigenvalue weighted by atomic mass is 16.5. The van der Waals surface area contributed by atoms with Gasteiger partial charge >= 0.3 is 5.97 Å². The summed E-state index contributed by atoms with van der Waals surface area (Å²) in [4.78, 5) is 11.2. The van der Waals surface area contributed by atoms with E-state index in [0.29, 0.717) is 6.61 Å². The first-order valence-corrected chi connectivity index (χ1v) is 6.65. The minimum Gasteiger partial charge on any atom is -0.458 e. The van der Waals surface area contributed by atoms with Crippen LogP contribution in [0, 0.1) is 0 Å². The SMILES string of the molecule is C=CCOC(=O)C=C(C)CCCCCCCC. The van der Waals surface area contributed by atoms with E-state index in [1.807, 2.05) is 6.92 Å². The minimum absolute atomic E-state index is 0.256. The van der Waals surface area contributed by atoms with Crippen molar-refractivity contribution in [1.29, 1.82) is 0 Å². The highest BCUT2D eigenvalue weighted by Gasteiger charge is 1.98. The van der Waals surface area contributed by atoms with Crippen molar-refractivity contribution in [3.63, 3.8) is 0 Å². The van der Waals surface area contributed by atoms with Gasteiger partial charge in [0.2, 0.25) is 0 Å². The molecule has 0 N–H and O–H groups in total. The van der Waals surface area contributed by atoms with E-state index >= 15 is 0 Å². The van der Waals surface area contributed by atoms with E-state index in [-0.39, 0.29) is 5.97 Å². The van der Waals surface area contributed by atoms with Crippen LogP contribution >= 0.6 is 0 Å². The van der Waals surface area contributed by atoms with Gasteiger partial charge < -0.3 is 4.74 Å². The van der Waals surface area contributed by atoms with Gasteiger partial charge in [0, 0.05) is 6.08 Å². The van der Waals surface area contributed by atoms with Crippen LogP contribution in [0.1, 0.15) is 58.8 Å². The number of carbonyl (C=O) groups excluding carboxylic acids is 1. The van der Waals surface area contributed by atoms with Crippen molar-refractivity contribution in [3.8, 4) is 0 Å². The van der Waals surface area contributed by atoms with Crippen molar-refractivity contribution in [2.24, 2.45) is 0 Å². The van der Waals surface area contributed by atoms with Gasteiger partial charge in [-0.2, -0.15) is 0 Å². The Balaban J connectivity index is 3.55. The zero-order valence-electron chi connectivity index (χ0n) is 11.3. The molecule has 0 saturated carbocycles. The Kier molecular flexibility index (Phi) is 10.7. The van der Waals surface area contributed by atoms with Crippen molar-refractivity contribution >= 4 is 5.97 Å². The number of esters is 1. The molecule has 0 aromatic carbocycles. The van der Waals surface area contributed by atoms with Gasteiger partial charge in [0.1, 0.15) is 6.61 Å². The van der Waals surface area contributed by atoms with Crippen molar-refractivity contribution in [2.75, 3.05) is 6.61 Å². The van der Waals surface area contributed by atoms with Crippen LogP contribution in [0.15, 0.2) is 24.3 Å². The number of ether oxygens (including phenoxy) is 1. The Morgan fingerprint density at radius 3 is 2.47 bits per heavy atom. The summed E-state index contributed by atoms with van der Waals surface area (Å²) in [6.07, 6.45) is 11.9. The van der Waals surface area contributed by atoms with Gasteiger partial charge in [-0.3, -0.25) is 0 Å². The molecule has 0 spiro atoms. The van der Waals surface area contributed by atoms with Crippen LogP contribution in [0.5, 0.6) is 0 Å². The highest BCUT2D eigenvalue weighted by Crippen LogP contribution is 2.11. The van der Waals surface area contributed by atoms with Crippen LogP contribution in [0.25, 0.3) is 0 Å². The van der Waals surface area contributed by atoms with Crippen molar-refractivity contribution in [2.45, 2.75) is 58.8 Å². The number of carbonyl (C=O) groups is 1. The van der Waals surface area contributed by atoms with E-state index in [0.717, 1.165) is 12.0 Å². The first-order chi connectivity index (χ1) is 8.20. The molecule has 0 fully saturated rings. The molecule has 0 aliphatic rings. The first kappa shape index (κ1) is 16.0. The summed E-state index contributed by atoms with van der Waals surface area (Å²) >= 11 is 0. The molecule has 0 radical (unpaired) electrons. The quantitative estimate of drug-likeness (QED) is 0.244. The number of unbranched alkanes of at least 4 members (excludes halogenated alkanes) is 5. The lowest BCUT2D eigenvalue weighted by molar-refractivity contribution is -0.136. The lowest BCUT2D eigenvalue weighted by Crippen LogP contribution is -2.01. The van der Waals surface area contributed by atoms with Gasteiger partial charge in [0.05, 0.1) is 0 Å². The van der Waals surface area contributed by atoms with Gasteiger partial charge in [-0.05, 0) is 19.8 Å². The minimum atomic E-state index is -0.256. The van der Waals surface area contributed by atoms with Crippen LogP contribution in [-0.4, -0.2) is 12.6 Å². The maximum Gasteiger partial charge on any atom is 0.330 e. The summed E-state index contributed by atoms with van der Waals surface area (Å²) in [7, 11) is 0. The Bertz CT molecular complexity index is 241. The Morgan fingerprint density at radius 2 is 1.82 bits per heavy atom. The lowest BCUT2D eigenvalue weighted by atomic mass is 10.1. The summed E-state index contributed by atoms with van der Waals surface area (Å²) in [5.74, 6) is -0.256. The van der Waals surface area contributed by atoms with Crippen LogP contribution in [0.4, 0.5) is 0 Å². The molecular weight excluding hydrogens is 212 g/mol. The Labute approximate surface area is 106 Å². The van der Waals surface area contributed by atoms with Gasteiger partial charge in [0.25, 0.3) is 0 Å². The average molecular weight is 238 g/mol. The average Bonchev–Trinajstić information content (AvgIpc) is 2.31. The van der Waals surface area contributed by atoms with Crippen molar-refractivity contribution in [1.82, 2.24) is 0 Å². The second-order valence-electron chi connectivity index (χ2n) is 4.43. The first-order valence-electron chi connectivity index (χ1n) is 6.65. The van der Waals surface area contributed by atoms with E-state index in [4.69, 9.17) is 4.74 Å². The number of hydrogen-bond acceptors (Lipinski definition) is 2. The lowest BCUT2D eigenvalue weighted by Gasteiger charge is -2.02. The fraction of sp³-hybridized carbons (Fsp3) is 0.667. The molecule has 2 heteroatoms. The van der Waals surface area contributed by atoms with Gasteiger partial charge in [-0.25, -0.2) is 4.79 Å². The largest absolute Gasteiger partial charge is 0.458 e. The van der Waals surface area contributed by atoms with Crippen molar-refractivity contribution < 1.29 is 9.53 Å². The Hall–Kier alpha value is -1.05. The standard InChI is InChI=1S/C15H26O2/c1-4-6-7-8-9-10-11-14(3)13-15(16)17-12-5-2/h5,13H,2,4,6-12H2,1,3H3. The van der Waals surface area contributed by atoms with Gasteiger partial charge in [0.15, 0.2) is 0 Å². The van der Waals surface area contributed by atoms with E-state index < -0.39 is 0 Å². The summed E-state index contributed by atoms with van der Waals surface area (Å²) in [5, 5.41) is 0. The molecule has 0 heterocycles. The molecule has 0 aliphatic heterocycles. The molecule has 0 aromatic heterocycles. The Morgan fingerprint density at radius 1 is 1.18 bits per heavy atom. The number of allylic oxidation sites excluding steroid dienone is 1. The summed E-state index contributed by atoms with van der Waals surface area (Å²) in [6.45, 7) is 8.00. The predicted octanol–water partition coefficient (Wildman–Crippen LogP) is 4.41. The topological polar surface area (TPSA) is 26.3 Å². The molecule has 17 heavy (non-hydrogen) atoms. The van der Waals surface area contributed by atoms with E-state index in [2.05, 4.69) is 13.5 Å². The fourth-order valence-electron chi connectivity index (χ4n) is 1.64. The third-order valence-electron chi connectivity index (χ3n) is 2.63. The molecule has 0 atom stereocenters. The van der Waals surface area contributed by atoms with E-state index in [9.17, 15) is 4.79 Å². The molecule has 0 unspecified atom stereocenters.